The largest absolute Gasteiger partial charge is 0.484 e. The van der Waals surface area contributed by atoms with E-state index in [0.717, 1.165) is 31.2 Å². The highest BCUT2D eigenvalue weighted by Crippen LogP contribution is 2.17. The van der Waals surface area contributed by atoms with Crippen molar-refractivity contribution >= 4 is 11.9 Å². The molecule has 0 radical (unpaired) electrons. The number of urea groups is 1. The normalized spacial score (nSPS) is 15.0. The molecule has 0 bridgehead atoms. The Balaban J connectivity index is 1.63. The number of amides is 3. The Labute approximate surface area is 130 Å². The van der Waals surface area contributed by atoms with Gasteiger partial charge in [-0.05, 0) is 37.5 Å². The first-order chi connectivity index (χ1) is 10.6. The molecule has 2 rings (SSSR count). The van der Waals surface area contributed by atoms with Crippen molar-refractivity contribution in [2.75, 3.05) is 6.61 Å². The molecule has 3 N–H and O–H groups in total. The molecule has 120 valence electrons. The topological polar surface area (TPSA) is 79.5 Å². The molecular formula is C16H23N3O3. The van der Waals surface area contributed by atoms with E-state index in [1.54, 1.807) is 6.07 Å². The number of aryl methyl sites for hydroxylation is 1. The molecule has 0 saturated heterocycles. The summed E-state index contributed by atoms with van der Waals surface area (Å²) >= 11 is 0. The molecule has 1 aromatic rings. The van der Waals surface area contributed by atoms with Crippen molar-refractivity contribution in [3.63, 3.8) is 0 Å². The lowest BCUT2D eigenvalue weighted by molar-refractivity contribution is -0.123. The molecule has 1 aliphatic carbocycles. The summed E-state index contributed by atoms with van der Waals surface area (Å²) in [6.07, 6.45) is 5.51. The van der Waals surface area contributed by atoms with Gasteiger partial charge in [0.1, 0.15) is 5.75 Å². The minimum Gasteiger partial charge on any atom is -0.484 e. The minimum atomic E-state index is -0.402. The van der Waals surface area contributed by atoms with Gasteiger partial charge < -0.3 is 10.1 Å². The third kappa shape index (κ3) is 5.63. The Kier molecular flexibility index (Phi) is 6.06. The zero-order valence-corrected chi connectivity index (χ0v) is 12.9. The van der Waals surface area contributed by atoms with E-state index in [4.69, 9.17) is 4.74 Å². The maximum absolute atomic E-state index is 11.7. The summed E-state index contributed by atoms with van der Waals surface area (Å²) < 4.78 is 5.35. The van der Waals surface area contributed by atoms with Gasteiger partial charge in [-0.15, -0.1) is 0 Å². The first kappa shape index (κ1) is 16.1. The number of ether oxygens (including phenoxy) is 1. The van der Waals surface area contributed by atoms with Gasteiger partial charge in [0.2, 0.25) is 0 Å². The lowest BCUT2D eigenvalue weighted by atomic mass is 9.96. The lowest BCUT2D eigenvalue weighted by Gasteiger charge is -2.22. The number of hydrogen-bond donors (Lipinski definition) is 3. The van der Waals surface area contributed by atoms with Gasteiger partial charge in [-0.2, -0.15) is 0 Å². The Morgan fingerprint density at radius 1 is 1.18 bits per heavy atom. The van der Waals surface area contributed by atoms with Gasteiger partial charge in [-0.1, -0.05) is 31.4 Å². The third-order valence-corrected chi connectivity index (χ3v) is 3.62. The zero-order chi connectivity index (χ0) is 15.8. The monoisotopic (exact) mass is 305 g/mol. The number of hydrazine groups is 1. The number of carbonyl (C=O) groups is 2. The van der Waals surface area contributed by atoms with Gasteiger partial charge in [0.05, 0.1) is 0 Å². The molecule has 0 heterocycles. The van der Waals surface area contributed by atoms with Crippen LogP contribution in [-0.4, -0.2) is 24.6 Å². The molecule has 0 aliphatic heterocycles. The van der Waals surface area contributed by atoms with E-state index in [-0.39, 0.29) is 18.7 Å². The second kappa shape index (κ2) is 8.26. The number of hydrogen-bond acceptors (Lipinski definition) is 3. The summed E-state index contributed by atoms with van der Waals surface area (Å²) in [4.78, 5) is 23.3. The standard InChI is InChI=1S/C16H23N3O3/c1-12-6-5-9-14(10-12)22-11-15(20)18-19-16(21)17-13-7-3-2-4-8-13/h5-6,9-10,13H,2-4,7-8,11H2,1H3,(H,18,20)(H2,17,19,21). The van der Waals surface area contributed by atoms with Crippen LogP contribution < -0.4 is 20.9 Å². The van der Waals surface area contributed by atoms with Crippen LogP contribution in [-0.2, 0) is 4.79 Å². The number of benzene rings is 1. The van der Waals surface area contributed by atoms with Gasteiger partial charge in [-0.25, -0.2) is 10.2 Å². The third-order valence-electron chi connectivity index (χ3n) is 3.62. The van der Waals surface area contributed by atoms with Crippen molar-refractivity contribution in [3.8, 4) is 5.75 Å². The van der Waals surface area contributed by atoms with Crippen LogP contribution in [0.3, 0.4) is 0 Å². The molecule has 22 heavy (non-hydrogen) atoms. The van der Waals surface area contributed by atoms with Crippen molar-refractivity contribution in [1.29, 1.82) is 0 Å². The van der Waals surface area contributed by atoms with Crippen molar-refractivity contribution in [2.24, 2.45) is 0 Å². The fraction of sp³-hybridized carbons (Fsp3) is 0.500. The van der Waals surface area contributed by atoms with Gasteiger partial charge in [0.15, 0.2) is 6.61 Å². The van der Waals surface area contributed by atoms with Gasteiger partial charge in [-0.3, -0.25) is 10.2 Å². The Hall–Kier alpha value is -2.24. The fourth-order valence-corrected chi connectivity index (χ4v) is 2.48. The van der Waals surface area contributed by atoms with E-state index in [1.807, 2.05) is 25.1 Å². The first-order valence-electron chi connectivity index (χ1n) is 7.68. The average Bonchev–Trinajstić information content (AvgIpc) is 2.52. The number of nitrogens with one attached hydrogen (secondary N) is 3. The van der Waals surface area contributed by atoms with Crippen molar-refractivity contribution in [3.05, 3.63) is 29.8 Å². The molecule has 0 spiro atoms. The molecule has 6 heteroatoms. The van der Waals surface area contributed by atoms with Crippen molar-refractivity contribution < 1.29 is 14.3 Å². The molecule has 6 nitrogen and oxygen atoms in total. The highest BCUT2D eigenvalue weighted by atomic mass is 16.5. The van der Waals surface area contributed by atoms with E-state index in [0.29, 0.717) is 5.75 Å². The van der Waals surface area contributed by atoms with E-state index < -0.39 is 5.91 Å². The maximum atomic E-state index is 11.7. The predicted octanol–water partition coefficient (Wildman–Crippen LogP) is 2.04. The van der Waals surface area contributed by atoms with Crippen LogP contribution in [0, 0.1) is 6.92 Å². The Morgan fingerprint density at radius 3 is 2.68 bits per heavy atom. The molecule has 3 amide bonds. The van der Waals surface area contributed by atoms with E-state index in [1.165, 1.54) is 6.42 Å². The summed E-state index contributed by atoms with van der Waals surface area (Å²) in [5, 5.41) is 2.85. The second-order valence-electron chi connectivity index (χ2n) is 5.59. The highest BCUT2D eigenvalue weighted by Gasteiger charge is 2.15. The molecule has 0 aromatic heterocycles. The molecule has 0 atom stereocenters. The zero-order valence-electron chi connectivity index (χ0n) is 12.9. The van der Waals surface area contributed by atoms with Crippen LogP contribution in [0.25, 0.3) is 0 Å². The summed E-state index contributed by atoms with van der Waals surface area (Å²) in [6.45, 7) is 1.80. The smallest absolute Gasteiger partial charge is 0.333 e. The van der Waals surface area contributed by atoms with Crippen LogP contribution in [0.2, 0.25) is 0 Å². The van der Waals surface area contributed by atoms with E-state index in [2.05, 4.69) is 16.2 Å². The van der Waals surface area contributed by atoms with Crippen molar-refractivity contribution in [2.45, 2.75) is 45.1 Å². The molecule has 1 saturated carbocycles. The van der Waals surface area contributed by atoms with Crippen molar-refractivity contribution in [1.82, 2.24) is 16.2 Å². The summed E-state index contributed by atoms with van der Waals surface area (Å²) in [6, 6.07) is 7.26. The molecule has 1 aromatic carbocycles. The lowest BCUT2D eigenvalue weighted by Crippen LogP contribution is -2.51. The first-order valence-corrected chi connectivity index (χ1v) is 7.68. The average molecular weight is 305 g/mol. The van der Waals surface area contributed by atoms with Crippen LogP contribution in [0.5, 0.6) is 5.75 Å². The fourth-order valence-electron chi connectivity index (χ4n) is 2.48. The number of rotatable bonds is 4. The molecule has 1 fully saturated rings. The van der Waals surface area contributed by atoms with Crippen LogP contribution in [0.1, 0.15) is 37.7 Å². The van der Waals surface area contributed by atoms with Gasteiger partial charge >= 0.3 is 6.03 Å². The van der Waals surface area contributed by atoms with Crippen LogP contribution in [0.15, 0.2) is 24.3 Å². The summed E-state index contributed by atoms with van der Waals surface area (Å²) in [7, 11) is 0. The van der Waals surface area contributed by atoms with Crippen LogP contribution in [0.4, 0.5) is 4.79 Å². The molecule has 0 unspecified atom stereocenters. The van der Waals surface area contributed by atoms with E-state index in [9.17, 15) is 9.59 Å². The highest BCUT2D eigenvalue weighted by molar-refractivity contribution is 5.82. The van der Waals surface area contributed by atoms with E-state index >= 15 is 0 Å². The van der Waals surface area contributed by atoms with Gasteiger partial charge in [0.25, 0.3) is 5.91 Å². The summed E-state index contributed by atoms with van der Waals surface area (Å²) in [5.41, 5.74) is 5.74. The second-order valence-corrected chi connectivity index (χ2v) is 5.59. The van der Waals surface area contributed by atoms with Gasteiger partial charge in [0, 0.05) is 6.04 Å². The quantitative estimate of drug-likeness (QED) is 0.745. The Morgan fingerprint density at radius 2 is 1.95 bits per heavy atom. The predicted molar refractivity (Wildman–Crippen MR) is 83.4 cm³/mol. The minimum absolute atomic E-state index is 0.146. The molecular weight excluding hydrogens is 282 g/mol. The molecule has 1 aliphatic rings. The van der Waals surface area contributed by atoms with Crippen LogP contribution >= 0.6 is 0 Å². The Bertz CT molecular complexity index is 513. The summed E-state index contributed by atoms with van der Waals surface area (Å²) in [5.74, 6) is 0.224. The SMILES string of the molecule is Cc1cccc(OCC(=O)NNC(=O)NC2CCCCC2)c1. The number of carbonyl (C=O) groups excluding carboxylic acids is 2. The maximum Gasteiger partial charge on any atom is 0.333 e.